The molecule has 7 nitrogen and oxygen atoms in total. The van der Waals surface area contributed by atoms with Crippen molar-refractivity contribution in [3.05, 3.63) is 18.2 Å². The first-order valence-corrected chi connectivity index (χ1v) is 11.5. The van der Waals surface area contributed by atoms with Crippen molar-refractivity contribution in [1.29, 1.82) is 0 Å². The van der Waals surface area contributed by atoms with E-state index < -0.39 is 10.0 Å². The lowest BCUT2D eigenvalue weighted by atomic mass is 10.2. The molecule has 1 aliphatic heterocycles. The van der Waals surface area contributed by atoms with Crippen LogP contribution in [0.5, 0.6) is 5.75 Å². The summed E-state index contributed by atoms with van der Waals surface area (Å²) >= 11 is 0. The number of carbonyl (C=O) groups is 1. The average molecular weight is 412 g/mol. The molecule has 0 atom stereocenters. The maximum absolute atomic E-state index is 13.0. The first-order chi connectivity index (χ1) is 13.2. The van der Waals surface area contributed by atoms with E-state index in [2.05, 4.69) is 10.6 Å². The van der Waals surface area contributed by atoms with Gasteiger partial charge in [-0.15, -0.1) is 0 Å². The number of hydrogen-bond donors (Lipinski definition) is 2. The van der Waals surface area contributed by atoms with Gasteiger partial charge in [0.1, 0.15) is 5.75 Å². The zero-order valence-electron chi connectivity index (χ0n) is 17.3. The molecule has 2 rings (SSSR count). The predicted octanol–water partition coefficient (Wildman–Crippen LogP) is 2.83. The summed E-state index contributed by atoms with van der Waals surface area (Å²) in [6, 6.07) is 4.80. The molecule has 1 aromatic rings. The van der Waals surface area contributed by atoms with E-state index in [9.17, 15) is 13.2 Å². The van der Waals surface area contributed by atoms with Crippen molar-refractivity contribution >= 4 is 21.6 Å². The van der Waals surface area contributed by atoms with E-state index in [-0.39, 0.29) is 23.5 Å². The van der Waals surface area contributed by atoms with Crippen molar-refractivity contribution < 1.29 is 17.9 Å². The molecular weight excluding hydrogens is 378 g/mol. The van der Waals surface area contributed by atoms with Crippen LogP contribution in [-0.2, 0) is 14.8 Å². The van der Waals surface area contributed by atoms with Crippen molar-refractivity contribution in [2.75, 3.05) is 31.5 Å². The number of rotatable bonds is 9. The van der Waals surface area contributed by atoms with Crippen molar-refractivity contribution in [1.82, 2.24) is 9.62 Å². The van der Waals surface area contributed by atoms with Gasteiger partial charge >= 0.3 is 0 Å². The van der Waals surface area contributed by atoms with Crippen LogP contribution in [0.4, 0.5) is 5.69 Å². The zero-order valence-corrected chi connectivity index (χ0v) is 18.1. The van der Waals surface area contributed by atoms with E-state index in [1.54, 1.807) is 18.2 Å². The number of sulfonamides is 1. The number of nitrogens with one attached hydrogen (secondary N) is 2. The van der Waals surface area contributed by atoms with Gasteiger partial charge in [0.2, 0.25) is 15.9 Å². The second-order valence-electron chi connectivity index (χ2n) is 7.84. The third-order valence-electron chi connectivity index (χ3n) is 4.41. The van der Waals surface area contributed by atoms with E-state index >= 15 is 0 Å². The molecule has 1 amide bonds. The highest BCUT2D eigenvalue weighted by Crippen LogP contribution is 2.30. The first kappa shape index (κ1) is 22.5. The number of piperidine rings is 1. The van der Waals surface area contributed by atoms with Crippen LogP contribution in [0.3, 0.4) is 0 Å². The Labute approximate surface area is 168 Å². The Hall–Kier alpha value is -1.80. The normalized spacial score (nSPS) is 15.6. The van der Waals surface area contributed by atoms with Gasteiger partial charge in [-0.1, -0.05) is 20.3 Å². The number of nitrogens with zero attached hydrogens (tertiary/aromatic N) is 1. The fraction of sp³-hybridized carbons (Fsp3) is 0.650. The van der Waals surface area contributed by atoms with Gasteiger partial charge in [0.15, 0.2) is 0 Å². The molecule has 0 unspecified atom stereocenters. The lowest BCUT2D eigenvalue weighted by molar-refractivity contribution is -0.119. The third kappa shape index (κ3) is 6.38. The summed E-state index contributed by atoms with van der Waals surface area (Å²) in [7, 11) is -3.55. The molecule has 0 bridgehead atoms. The topological polar surface area (TPSA) is 87.7 Å². The van der Waals surface area contributed by atoms with Crippen molar-refractivity contribution in [2.45, 2.75) is 58.0 Å². The third-order valence-corrected chi connectivity index (χ3v) is 6.31. The Morgan fingerprint density at radius 2 is 1.82 bits per heavy atom. The van der Waals surface area contributed by atoms with Crippen molar-refractivity contribution in [3.8, 4) is 5.75 Å². The molecule has 28 heavy (non-hydrogen) atoms. The second kappa shape index (κ2) is 10.1. The van der Waals surface area contributed by atoms with Crippen LogP contribution >= 0.6 is 0 Å². The molecule has 8 heteroatoms. The number of benzene rings is 1. The lowest BCUT2D eigenvalue weighted by Gasteiger charge is -2.26. The van der Waals surface area contributed by atoms with Crippen LogP contribution in [-0.4, -0.2) is 50.9 Å². The van der Waals surface area contributed by atoms with E-state index in [4.69, 9.17) is 4.74 Å². The summed E-state index contributed by atoms with van der Waals surface area (Å²) < 4.78 is 33.3. The Morgan fingerprint density at radius 1 is 1.14 bits per heavy atom. The Kier molecular flexibility index (Phi) is 8.12. The highest BCUT2D eigenvalue weighted by Gasteiger charge is 2.27. The van der Waals surface area contributed by atoms with Crippen molar-refractivity contribution in [3.63, 3.8) is 0 Å². The zero-order chi connectivity index (χ0) is 20.7. The van der Waals surface area contributed by atoms with E-state index in [1.807, 2.05) is 27.7 Å². The molecule has 1 saturated heterocycles. The van der Waals surface area contributed by atoms with Gasteiger partial charge in [-0.3, -0.25) is 4.79 Å². The smallest absolute Gasteiger partial charge is 0.243 e. The largest absolute Gasteiger partial charge is 0.489 e. The number of carbonyl (C=O) groups excluding carboxylic acids is 1. The Balaban J connectivity index is 2.20. The van der Waals surface area contributed by atoms with Crippen molar-refractivity contribution in [2.24, 2.45) is 5.92 Å². The molecule has 0 spiro atoms. The quantitative estimate of drug-likeness (QED) is 0.652. The fourth-order valence-corrected chi connectivity index (χ4v) is 4.52. The standard InChI is InChI=1S/C20H33N3O4S/c1-15(2)13-22-20(24)14-21-18-12-17(8-9-19(18)27-16(3)4)28(25,26)23-10-6-5-7-11-23/h8-9,12,15-16,21H,5-7,10-11,13-14H2,1-4H3,(H,22,24). The van der Waals surface area contributed by atoms with Gasteiger partial charge in [0, 0.05) is 19.6 Å². The summed E-state index contributed by atoms with van der Waals surface area (Å²) in [5.41, 5.74) is 0.506. The number of anilines is 1. The molecule has 0 aliphatic carbocycles. The van der Waals surface area contributed by atoms with E-state index in [0.29, 0.717) is 37.0 Å². The highest BCUT2D eigenvalue weighted by molar-refractivity contribution is 7.89. The lowest BCUT2D eigenvalue weighted by Crippen LogP contribution is -2.35. The van der Waals surface area contributed by atoms with Crippen LogP contribution in [0.25, 0.3) is 0 Å². The summed E-state index contributed by atoms with van der Waals surface area (Å²) in [4.78, 5) is 12.3. The summed E-state index contributed by atoms with van der Waals surface area (Å²) in [6.07, 6.45) is 2.76. The van der Waals surface area contributed by atoms with Crippen LogP contribution in [0, 0.1) is 5.92 Å². The maximum Gasteiger partial charge on any atom is 0.243 e. The minimum atomic E-state index is -3.55. The van der Waals surface area contributed by atoms with Gasteiger partial charge in [-0.25, -0.2) is 8.42 Å². The van der Waals surface area contributed by atoms with Crippen LogP contribution in [0.1, 0.15) is 47.0 Å². The molecule has 1 heterocycles. The minimum Gasteiger partial charge on any atom is -0.489 e. The van der Waals surface area contributed by atoms with E-state index in [0.717, 1.165) is 19.3 Å². The SMILES string of the molecule is CC(C)CNC(=O)CNc1cc(S(=O)(=O)N2CCCCC2)ccc1OC(C)C. The first-order valence-electron chi connectivity index (χ1n) is 10.0. The van der Waals surface area contributed by atoms with Crippen LogP contribution in [0.2, 0.25) is 0 Å². The van der Waals surface area contributed by atoms with Gasteiger partial charge in [-0.05, 0) is 50.8 Å². The molecule has 1 fully saturated rings. The molecular formula is C20H33N3O4S. The van der Waals surface area contributed by atoms with Gasteiger partial charge in [-0.2, -0.15) is 4.31 Å². The number of hydrogen-bond acceptors (Lipinski definition) is 5. The summed E-state index contributed by atoms with van der Waals surface area (Å²) in [5, 5.41) is 5.88. The van der Waals surface area contributed by atoms with Crippen LogP contribution < -0.4 is 15.4 Å². The summed E-state index contributed by atoms with van der Waals surface area (Å²) in [5.74, 6) is 0.750. The molecule has 2 N–H and O–H groups in total. The maximum atomic E-state index is 13.0. The molecule has 0 saturated carbocycles. The Morgan fingerprint density at radius 3 is 2.43 bits per heavy atom. The average Bonchev–Trinajstić information content (AvgIpc) is 2.65. The van der Waals surface area contributed by atoms with Gasteiger partial charge in [0.05, 0.1) is 23.2 Å². The van der Waals surface area contributed by atoms with E-state index in [1.165, 1.54) is 4.31 Å². The van der Waals surface area contributed by atoms with Gasteiger partial charge < -0.3 is 15.4 Å². The molecule has 1 aromatic carbocycles. The fourth-order valence-electron chi connectivity index (χ4n) is 2.97. The molecule has 0 aromatic heterocycles. The monoisotopic (exact) mass is 411 g/mol. The number of amides is 1. The van der Waals surface area contributed by atoms with Crippen LogP contribution in [0.15, 0.2) is 23.1 Å². The molecule has 0 radical (unpaired) electrons. The molecule has 158 valence electrons. The highest BCUT2D eigenvalue weighted by atomic mass is 32.2. The minimum absolute atomic E-state index is 0.0500. The molecule has 1 aliphatic rings. The number of ether oxygens (including phenoxy) is 1. The van der Waals surface area contributed by atoms with Gasteiger partial charge in [0.25, 0.3) is 0 Å². The summed E-state index contributed by atoms with van der Waals surface area (Å²) in [6.45, 7) is 9.59. The predicted molar refractivity (Wildman–Crippen MR) is 111 cm³/mol. The second-order valence-corrected chi connectivity index (χ2v) is 9.78. The Bertz CT molecular complexity index is 757.